The third-order valence-corrected chi connectivity index (χ3v) is 3.91. The number of ketones is 1. The van der Waals surface area contributed by atoms with E-state index in [1.54, 1.807) is 18.2 Å². The van der Waals surface area contributed by atoms with E-state index in [1.165, 1.54) is 19.3 Å². The molecule has 7 nitrogen and oxygen atoms in total. The molecule has 3 rings (SSSR count). The van der Waals surface area contributed by atoms with Gasteiger partial charge in [0.25, 0.3) is 5.91 Å². The first-order valence-corrected chi connectivity index (χ1v) is 7.81. The SMILES string of the molecule is CC(O)C(=O)Nc1c(C(=O)c2cc(CO)co2)[nH]c2cc(Cl)ccc12. The van der Waals surface area contributed by atoms with E-state index in [-0.39, 0.29) is 23.7 Å². The van der Waals surface area contributed by atoms with E-state index in [0.29, 0.717) is 21.5 Å². The number of rotatable bonds is 5. The van der Waals surface area contributed by atoms with Crippen molar-refractivity contribution in [2.24, 2.45) is 0 Å². The van der Waals surface area contributed by atoms with Crippen molar-refractivity contribution in [3.63, 3.8) is 0 Å². The Labute approximate surface area is 147 Å². The summed E-state index contributed by atoms with van der Waals surface area (Å²) in [5, 5.41) is 22.1. The second-order valence-corrected chi connectivity index (χ2v) is 5.97. The highest BCUT2D eigenvalue weighted by molar-refractivity contribution is 6.31. The lowest BCUT2D eigenvalue weighted by Gasteiger charge is -2.08. The van der Waals surface area contributed by atoms with Gasteiger partial charge >= 0.3 is 0 Å². The lowest BCUT2D eigenvalue weighted by atomic mass is 10.1. The number of H-pyrrole nitrogens is 1. The van der Waals surface area contributed by atoms with Crippen LogP contribution in [0.1, 0.15) is 28.7 Å². The summed E-state index contributed by atoms with van der Waals surface area (Å²) in [6, 6.07) is 6.32. The minimum Gasteiger partial charge on any atom is -0.460 e. The van der Waals surface area contributed by atoms with Crippen LogP contribution in [0.15, 0.2) is 34.9 Å². The Morgan fingerprint density at radius 2 is 2.12 bits per heavy atom. The van der Waals surface area contributed by atoms with E-state index in [9.17, 15) is 14.7 Å². The van der Waals surface area contributed by atoms with Crippen LogP contribution in [-0.2, 0) is 11.4 Å². The Hall–Kier alpha value is -2.61. The Balaban J connectivity index is 2.11. The van der Waals surface area contributed by atoms with Gasteiger partial charge in [-0.2, -0.15) is 0 Å². The number of benzene rings is 1. The van der Waals surface area contributed by atoms with Crippen molar-refractivity contribution in [3.05, 3.63) is 52.6 Å². The quantitative estimate of drug-likeness (QED) is 0.520. The van der Waals surface area contributed by atoms with E-state index in [0.717, 1.165) is 0 Å². The van der Waals surface area contributed by atoms with Gasteiger partial charge in [-0.15, -0.1) is 0 Å². The Kier molecular flexibility index (Phi) is 4.63. The first-order chi connectivity index (χ1) is 11.9. The predicted molar refractivity (Wildman–Crippen MR) is 91.7 cm³/mol. The summed E-state index contributed by atoms with van der Waals surface area (Å²) in [7, 11) is 0. The normalized spacial score (nSPS) is 12.3. The Morgan fingerprint density at radius 3 is 2.76 bits per heavy atom. The molecule has 1 atom stereocenters. The van der Waals surface area contributed by atoms with Gasteiger partial charge in [0.2, 0.25) is 5.78 Å². The summed E-state index contributed by atoms with van der Waals surface area (Å²) in [6.07, 6.45) is 0.0330. The molecule has 0 spiro atoms. The second kappa shape index (κ2) is 6.72. The van der Waals surface area contributed by atoms with Crippen LogP contribution in [-0.4, -0.2) is 33.0 Å². The van der Waals surface area contributed by atoms with Gasteiger partial charge in [-0.05, 0) is 31.2 Å². The number of carbonyl (C=O) groups excluding carboxylic acids is 2. The fraction of sp³-hybridized carbons (Fsp3) is 0.176. The van der Waals surface area contributed by atoms with Crippen LogP contribution in [0.5, 0.6) is 0 Å². The van der Waals surface area contributed by atoms with Gasteiger partial charge in [0.05, 0.1) is 18.6 Å². The molecule has 0 bridgehead atoms. The fourth-order valence-corrected chi connectivity index (χ4v) is 2.57. The van der Waals surface area contributed by atoms with Gasteiger partial charge in [0.1, 0.15) is 11.8 Å². The number of aromatic amines is 1. The number of halogens is 1. The van der Waals surface area contributed by atoms with Gasteiger partial charge in [0.15, 0.2) is 5.76 Å². The highest BCUT2D eigenvalue weighted by Gasteiger charge is 2.24. The molecule has 1 unspecified atom stereocenters. The maximum Gasteiger partial charge on any atom is 0.252 e. The number of hydrogen-bond acceptors (Lipinski definition) is 5. The van der Waals surface area contributed by atoms with Crippen LogP contribution < -0.4 is 5.32 Å². The number of aliphatic hydroxyl groups excluding tert-OH is 2. The lowest BCUT2D eigenvalue weighted by molar-refractivity contribution is -0.123. The van der Waals surface area contributed by atoms with Crippen molar-refractivity contribution in [2.75, 3.05) is 5.32 Å². The van der Waals surface area contributed by atoms with E-state index in [1.807, 2.05) is 0 Å². The van der Waals surface area contributed by atoms with Gasteiger partial charge in [-0.25, -0.2) is 0 Å². The molecule has 3 aromatic rings. The van der Waals surface area contributed by atoms with Gasteiger partial charge < -0.3 is 24.9 Å². The van der Waals surface area contributed by atoms with Crippen LogP contribution in [0, 0.1) is 0 Å². The monoisotopic (exact) mass is 362 g/mol. The third kappa shape index (κ3) is 3.30. The molecule has 25 heavy (non-hydrogen) atoms. The average Bonchev–Trinajstić information content (AvgIpc) is 3.18. The van der Waals surface area contributed by atoms with Gasteiger partial charge in [0, 0.05) is 21.5 Å². The zero-order chi connectivity index (χ0) is 18.1. The molecular formula is C17H15ClN2O5. The summed E-state index contributed by atoms with van der Waals surface area (Å²) < 4.78 is 5.18. The predicted octanol–water partition coefficient (Wildman–Crippen LogP) is 2.46. The molecule has 0 fully saturated rings. The maximum atomic E-state index is 12.7. The van der Waals surface area contributed by atoms with E-state index < -0.39 is 17.8 Å². The van der Waals surface area contributed by atoms with E-state index >= 15 is 0 Å². The van der Waals surface area contributed by atoms with E-state index in [2.05, 4.69) is 10.3 Å². The summed E-state index contributed by atoms with van der Waals surface area (Å²) in [6.45, 7) is 1.06. The molecule has 130 valence electrons. The standard InChI is InChI=1S/C17H15ClN2O5/c1-8(22)17(24)20-14-11-3-2-10(18)5-12(11)19-15(14)16(23)13-4-9(6-21)7-25-13/h2-5,7-8,19,21-22H,6H2,1H3,(H,20,24). The van der Waals surface area contributed by atoms with E-state index in [4.69, 9.17) is 21.1 Å². The molecule has 0 radical (unpaired) electrons. The molecule has 0 aliphatic heterocycles. The van der Waals surface area contributed by atoms with Crippen molar-refractivity contribution >= 4 is 39.9 Å². The number of hydrogen-bond donors (Lipinski definition) is 4. The first kappa shape index (κ1) is 17.2. The van der Waals surface area contributed by atoms with Crippen molar-refractivity contribution < 1.29 is 24.2 Å². The number of nitrogens with one attached hydrogen (secondary N) is 2. The zero-order valence-corrected chi connectivity index (χ0v) is 13.9. The summed E-state index contributed by atoms with van der Waals surface area (Å²) in [4.78, 5) is 27.6. The Morgan fingerprint density at radius 1 is 1.36 bits per heavy atom. The maximum absolute atomic E-state index is 12.7. The molecule has 0 aliphatic rings. The van der Waals surface area contributed by atoms with Crippen LogP contribution in [0.25, 0.3) is 10.9 Å². The molecule has 1 aromatic carbocycles. The average molecular weight is 363 g/mol. The topological polar surface area (TPSA) is 116 Å². The van der Waals surface area contributed by atoms with Crippen molar-refractivity contribution in [3.8, 4) is 0 Å². The van der Waals surface area contributed by atoms with Crippen molar-refractivity contribution in [1.82, 2.24) is 4.98 Å². The molecule has 0 saturated carbocycles. The van der Waals surface area contributed by atoms with Crippen molar-refractivity contribution in [1.29, 1.82) is 0 Å². The van der Waals surface area contributed by atoms with Gasteiger partial charge in [-0.3, -0.25) is 9.59 Å². The third-order valence-electron chi connectivity index (χ3n) is 3.68. The molecule has 8 heteroatoms. The molecule has 2 aromatic heterocycles. The molecule has 0 aliphatic carbocycles. The zero-order valence-electron chi connectivity index (χ0n) is 13.2. The highest BCUT2D eigenvalue weighted by Crippen LogP contribution is 2.31. The second-order valence-electron chi connectivity index (χ2n) is 5.54. The highest BCUT2D eigenvalue weighted by atomic mass is 35.5. The molecular weight excluding hydrogens is 348 g/mol. The van der Waals surface area contributed by atoms with Crippen LogP contribution >= 0.6 is 11.6 Å². The smallest absolute Gasteiger partial charge is 0.252 e. The van der Waals surface area contributed by atoms with Crippen LogP contribution in [0.2, 0.25) is 5.02 Å². The molecule has 4 N–H and O–H groups in total. The minimum atomic E-state index is -1.25. The number of anilines is 1. The van der Waals surface area contributed by atoms with Gasteiger partial charge in [-0.1, -0.05) is 11.6 Å². The number of furan rings is 1. The number of fused-ring (bicyclic) bond motifs is 1. The van der Waals surface area contributed by atoms with Crippen molar-refractivity contribution in [2.45, 2.75) is 19.6 Å². The summed E-state index contributed by atoms with van der Waals surface area (Å²) in [5.41, 5.74) is 1.32. The fourth-order valence-electron chi connectivity index (χ4n) is 2.40. The molecule has 1 amide bonds. The molecule has 2 heterocycles. The number of amides is 1. The molecule has 0 saturated heterocycles. The summed E-state index contributed by atoms with van der Waals surface area (Å²) >= 11 is 5.98. The Bertz CT molecular complexity index is 957. The van der Waals surface area contributed by atoms with Crippen LogP contribution in [0.4, 0.5) is 5.69 Å². The minimum absolute atomic E-state index is 0.00856. The number of aliphatic hydroxyl groups is 2. The largest absolute Gasteiger partial charge is 0.460 e. The first-order valence-electron chi connectivity index (χ1n) is 7.44. The number of carbonyl (C=O) groups is 2. The lowest BCUT2D eigenvalue weighted by Crippen LogP contribution is -2.25. The number of aromatic nitrogens is 1. The summed E-state index contributed by atoms with van der Waals surface area (Å²) in [5.74, 6) is -1.15. The van der Waals surface area contributed by atoms with Crippen LogP contribution in [0.3, 0.4) is 0 Å².